The van der Waals surface area contributed by atoms with E-state index in [1.165, 1.54) is 51.6 Å². The van der Waals surface area contributed by atoms with E-state index in [-0.39, 0.29) is 0 Å². The maximum Gasteiger partial charge on any atom is 0.0216 e. The third kappa shape index (κ3) is 3.65. The van der Waals surface area contributed by atoms with Crippen LogP contribution in [0.4, 0.5) is 0 Å². The Morgan fingerprint density at radius 1 is 1.23 bits per heavy atom. The molecule has 2 aliphatic rings. The second-order valence-corrected chi connectivity index (χ2v) is 4.65. The Hall–Kier alpha value is -0.0800. The van der Waals surface area contributed by atoms with E-state index in [4.69, 9.17) is 0 Å². The van der Waals surface area contributed by atoms with Crippen LogP contribution >= 0.6 is 0 Å². The molecule has 0 aromatic carbocycles. The van der Waals surface area contributed by atoms with Crippen molar-refractivity contribution in [3.63, 3.8) is 0 Å². The summed E-state index contributed by atoms with van der Waals surface area (Å²) in [6.45, 7) is 4.83. The molecule has 0 aromatic rings. The van der Waals surface area contributed by atoms with Crippen LogP contribution in [0.1, 0.15) is 45.4 Å². The molecule has 0 atom stereocenters. The zero-order valence-electron chi connectivity index (χ0n) is 8.76. The lowest BCUT2D eigenvalue weighted by Crippen LogP contribution is -2.41. The van der Waals surface area contributed by atoms with Gasteiger partial charge in [-0.2, -0.15) is 0 Å². The van der Waals surface area contributed by atoms with E-state index in [2.05, 4.69) is 17.4 Å². The Balaban J connectivity index is 1.64. The molecule has 2 saturated carbocycles. The summed E-state index contributed by atoms with van der Waals surface area (Å²) in [6, 6.07) is 0.829. The smallest absolute Gasteiger partial charge is 0.0216 e. The fourth-order valence-electron chi connectivity index (χ4n) is 1.64. The number of rotatable bonds is 7. The van der Waals surface area contributed by atoms with Crippen LogP contribution in [0.2, 0.25) is 0 Å². The summed E-state index contributed by atoms with van der Waals surface area (Å²) in [6.07, 6.45) is 8.38. The number of unbranched alkanes of at least 4 members (excludes halogenated alkanes) is 1. The molecule has 13 heavy (non-hydrogen) atoms. The highest BCUT2D eigenvalue weighted by molar-refractivity contribution is 4.82. The summed E-state index contributed by atoms with van der Waals surface area (Å²) in [4.78, 5) is 0. The molecule has 2 rings (SSSR count). The SMILES string of the molecule is CCCCN(CC1CC1)NC1CC1. The molecule has 0 amide bonds. The Kier molecular flexibility index (Phi) is 3.23. The molecule has 0 aromatic heterocycles. The predicted molar refractivity (Wildman–Crippen MR) is 55.4 cm³/mol. The standard InChI is InChI=1S/C11H22N2/c1-2-3-8-13(9-10-4-5-10)12-11-6-7-11/h10-12H,2-9H2,1H3. The minimum Gasteiger partial charge on any atom is -0.252 e. The van der Waals surface area contributed by atoms with Gasteiger partial charge >= 0.3 is 0 Å². The molecule has 2 fully saturated rings. The summed E-state index contributed by atoms with van der Waals surface area (Å²) in [5, 5.41) is 2.48. The van der Waals surface area contributed by atoms with Gasteiger partial charge in [-0.3, -0.25) is 5.43 Å². The maximum absolute atomic E-state index is 3.63. The summed E-state index contributed by atoms with van der Waals surface area (Å²) in [7, 11) is 0. The zero-order valence-corrected chi connectivity index (χ0v) is 8.76. The topological polar surface area (TPSA) is 15.3 Å². The molecule has 0 saturated heterocycles. The molecular formula is C11H22N2. The summed E-state index contributed by atoms with van der Waals surface area (Å²) in [5.41, 5.74) is 3.63. The van der Waals surface area contributed by atoms with Crippen molar-refractivity contribution in [2.45, 2.75) is 51.5 Å². The molecule has 2 nitrogen and oxygen atoms in total. The average molecular weight is 182 g/mol. The fourth-order valence-corrected chi connectivity index (χ4v) is 1.64. The van der Waals surface area contributed by atoms with E-state index in [0.717, 1.165) is 12.0 Å². The number of hydrogen-bond donors (Lipinski definition) is 1. The second kappa shape index (κ2) is 4.43. The Morgan fingerprint density at radius 3 is 2.54 bits per heavy atom. The van der Waals surface area contributed by atoms with Gasteiger partial charge in [-0.1, -0.05) is 13.3 Å². The van der Waals surface area contributed by atoms with Gasteiger partial charge in [0, 0.05) is 19.1 Å². The van der Waals surface area contributed by atoms with E-state index >= 15 is 0 Å². The highest BCUT2D eigenvalue weighted by atomic mass is 15.5. The van der Waals surface area contributed by atoms with Crippen molar-refractivity contribution < 1.29 is 0 Å². The zero-order chi connectivity index (χ0) is 9.10. The van der Waals surface area contributed by atoms with Crippen molar-refractivity contribution in [3.8, 4) is 0 Å². The van der Waals surface area contributed by atoms with Crippen molar-refractivity contribution in [2.24, 2.45) is 5.92 Å². The summed E-state index contributed by atoms with van der Waals surface area (Å²) in [5.74, 6) is 1.02. The van der Waals surface area contributed by atoms with Crippen LogP contribution in [0.15, 0.2) is 0 Å². The molecule has 0 heterocycles. The van der Waals surface area contributed by atoms with E-state index < -0.39 is 0 Å². The Morgan fingerprint density at radius 2 is 2.00 bits per heavy atom. The third-order valence-electron chi connectivity index (χ3n) is 2.90. The highest BCUT2D eigenvalue weighted by Crippen LogP contribution is 2.30. The quantitative estimate of drug-likeness (QED) is 0.607. The Labute approximate surface area is 81.7 Å². The monoisotopic (exact) mass is 182 g/mol. The van der Waals surface area contributed by atoms with Gasteiger partial charge in [0.1, 0.15) is 0 Å². The van der Waals surface area contributed by atoms with Gasteiger partial charge in [-0.25, -0.2) is 5.01 Å². The van der Waals surface area contributed by atoms with Crippen LogP contribution in [0.25, 0.3) is 0 Å². The molecule has 2 aliphatic carbocycles. The van der Waals surface area contributed by atoms with Gasteiger partial charge in [0.25, 0.3) is 0 Å². The minimum atomic E-state index is 0.829. The fraction of sp³-hybridized carbons (Fsp3) is 1.00. The van der Waals surface area contributed by atoms with E-state index in [0.29, 0.717) is 0 Å². The Bertz CT molecular complexity index is 136. The van der Waals surface area contributed by atoms with Gasteiger partial charge in [0.2, 0.25) is 0 Å². The van der Waals surface area contributed by atoms with Crippen LogP contribution in [0.5, 0.6) is 0 Å². The number of hydrazine groups is 1. The molecule has 0 bridgehead atoms. The molecule has 0 spiro atoms. The van der Waals surface area contributed by atoms with Gasteiger partial charge in [-0.05, 0) is 38.0 Å². The normalized spacial score (nSPS) is 22.6. The van der Waals surface area contributed by atoms with Gasteiger partial charge < -0.3 is 0 Å². The molecule has 0 aliphatic heterocycles. The molecule has 2 heteroatoms. The number of nitrogens with zero attached hydrogens (tertiary/aromatic N) is 1. The highest BCUT2D eigenvalue weighted by Gasteiger charge is 2.28. The summed E-state index contributed by atoms with van der Waals surface area (Å²) < 4.78 is 0. The summed E-state index contributed by atoms with van der Waals surface area (Å²) >= 11 is 0. The molecule has 1 N–H and O–H groups in total. The van der Waals surface area contributed by atoms with E-state index in [1.54, 1.807) is 0 Å². The van der Waals surface area contributed by atoms with Crippen LogP contribution in [0, 0.1) is 5.92 Å². The van der Waals surface area contributed by atoms with Gasteiger partial charge in [0.15, 0.2) is 0 Å². The van der Waals surface area contributed by atoms with E-state index in [9.17, 15) is 0 Å². The first-order valence-electron chi connectivity index (χ1n) is 5.89. The van der Waals surface area contributed by atoms with Crippen molar-refractivity contribution >= 4 is 0 Å². The van der Waals surface area contributed by atoms with Crippen LogP contribution < -0.4 is 5.43 Å². The minimum absolute atomic E-state index is 0.829. The molecular weight excluding hydrogens is 160 g/mol. The lowest BCUT2D eigenvalue weighted by Gasteiger charge is -2.22. The average Bonchev–Trinajstić information content (AvgIpc) is 2.94. The number of nitrogens with one attached hydrogen (secondary N) is 1. The third-order valence-corrected chi connectivity index (χ3v) is 2.90. The van der Waals surface area contributed by atoms with Crippen molar-refractivity contribution in [2.75, 3.05) is 13.1 Å². The molecule has 0 radical (unpaired) electrons. The predicted octanol–water partition coefficient (Wildman–Crippen LogP) is 2.17. The lowest BCUT2D eigenvalue weighted by molar-refractivity contribution is 0.172. The maximum atomic E-state index is 3.63. The molecule has 76 valence electrons. The first-order chi connectivity index (χ1) is 6.38. The van der Waals surface area contributed by atoms with Crippen LogP contribution in [0.3, 0.4) is 0 Å². The first kappa shape index (κ1) is 9.47. The second-order valence-electron chi connectivity index (χ2n) is 4.65. The van der Waals surface area contributed by atoms with E-state index in [1.807, 2.05) is 0 Å². The van der Waals surface area contributed by atoms with Crippen LogP contribution in [-0.4, -0.2) is 24.1 Å². The largest absolute Gasteiger partial charge is 0.252 e. The lowest BCUT2D eigenvalue weighted by atomic mass is 10.3. The van der Waals surface area contributed by atoms with Crippen LogP contribution in [-0.2, 0) is 0 Å². The van der Waals surface area contributed by atoms with Crippen molar-refractivity contribution in [1.82, 2.24) is 10.4 Å². The number of hydrogen-bond acceptors (Lipinski definition) is 2. The van der Waals surface area contributed by atoms with Gasteiger partial charge in [0.05, 0.1) is 0 Å². The van der Waals surface area contributed by atoms with Crippen molar-refractivity contribution in [3.05, 3.63) is 0 Å². The molecule has 0 unspecified atom stereocenters. The van der Waals surface area contributed by atoms with Crippen molar-refractivity contribution in [1.29, 1.82) is 0 Å². The van der Waals surface area contributed by atoms with Gasteiger partial charge in [-0.15, -0.1) is 0 Å². The first-order valence-corrected chi connectivity index (χ1v) is 5.89.